The van der Waals surface area contributed by atoms with Gasteiger partial charge in [-0.3, -0.25) is 4.79 Å². The smallest absolute Gasteiger partial charge is 0.429 e. The van der Waals surface area contributed by atoms with E-state index in [1.165, 1.54) is 6.92 Å². The molecule has 0 aromatic rings. The average Bonchev–Trinajstić information content (AvgIpc) is 2.34. The van der Waals surface area contributed by atoms with Crippen LogP contribution in [-0.4, -0.2) is 42.2 Å². The molecule has 0 heterocycles. The van der Waals surface area contributed by atoms with Gasteiger partial charge in [0.2, 0.25) is 0 Å². The minimum absolute atomic E-state index is 0.141. The van der Waals surface area contributed by atoms with Crippen molar-refractivity contribution in [2.45, 2.75) is 40.7 Å². The van der Waals surface area contributed by atoms with Crippen LogP contribution in [0.4, 0.5) is 9.59 Å². The highest BCUT2D eigenvalue weighted by Crippen LogP contribution is 2.07. The third-order valence-corrected chi connectivity index (χ3v) is 2.32. The van der Waals surface area contributed by atoms with Crippen LogP contribution in [0, 0.1) is 5.92 Å². The van der Waals surface area contributed by atoms with Crippen molar-refractivity contribution in [3.05, 3.63) is 0 Å². The number of carbonyl (C=O) groups excluding carboxylic acids is 3. The number of hydrazine groups is 1. The van der Waals surface area contributed by atoms with Crippen molar-refractivity contribution in [3.63, 3.8) is 0 Å². The van der Waals surface area contributed by atoms with Gasteiger partial charge in [-0.05, 0) is 20.8 Å². The van der Waals surface area contributed by atoms with Crippen molar-refractivity contribution in [1.82, 2.24) is 10.4 Å². The Kier molecular flexibility index (Phi) is 7.55. The summed E-state index contributed by atoms with van der Waals surface area (Å²) in [7, 11) is 0. The number of rotatable bonds is 5. The molecule has 110 valence electrons. The summed E-state index contributed by atoms with van der Waals surface area (Å²) in [5, 5.41) is 0.851. The Morgan fingerprint density at radius 2 is 1.58 bits per heavy atom. The summed E-state index contributed by atoms with van der Waals surface area (Å²) in [5.41, 5.74) is 2.21. The van der Waals surface area contributed by atoms with Crippen LogP contribution in [-0.2, 0) is 14.3 Å². The maximum atomic E-state index is 11.9. The second-order valence-electron chi connectivity index (χ2n) is 4.13. The van der Waals surface area contributed by atoms with E-state index < -0.39 is 18.2 Å². The van der Waals surface area contributed by atoms with E-state index >= 15 is 0 Å². The fraction of sp³-hybridized carbons (Fsp3) is 0.750. The molecule has 0 spiro atoms. The lowest BCUT2D eigenvalue weighted by molar-refractivity contribution is -0.127. The van der Waals surface area contributed by atoms with Gasteiger partial charge in [0.25, 0.3) is 0 Å². The molecular formula is C12H22N2O5. The zero-order valence-corrected chi connectivity index (χ0v) is 12.1. The van der Waals surface area contributed by atoms with Gasteiger partial charge in [-0.2, -0.15) is 0 Å². The second kappa shape index (κ2) is 8.34. The van der Waals surface area contributed by atoms with E-state index in [-0.39, 0.29) is 24.9 Å². The van der Waals surface area contributed by atoms with Crippen LogP contribution in [0.1, 0.15) is 34.6 Å². The maximum Gasteiger partial charge on any atom is 0.429 e. The predicted molar refractivity (Wildman–Crippen MR) is 68.3 cm³/mol. The standard InChI is InChI=1S/C12H22N2O5/c1-6-18-11(16)13-14(12(17)19-7-2)9(5)10(15)8(3)4/h8-9H,6-7H2,1-5H3,(H,13,16). The zero-order chi connectivity index (χ0) is 15.0. The molecule has 0 rings (SSSR count). The molecular weight excluding hydrogens is 252 g/mol. The fourth-order valence-corrected chi connectivity index (χ4v) is 1.36. The number of carbonyl (C=O) groups is 3. The summed E-state index contributed by atoms with van der Waals surface area (Å²) in [6.07, 6.45) is -1.60. The van der Waals surface area contributed by atoms with Gasteiger partial charge in [0.1, 0.15) is 6.04 Å². The molecule has 1 atom stereocenters. The Morgan fingerprint density at radius 1 is 1.05 bits per heavy atom. The lowest BCUT2D eigenvalue weighted by atomic mass is 10.0. The summed E-state index contributed by atoms with van der Waals surface area (Å²) in [5.74, 6) is -0.458. The number of ketones is 1. The SMILES string of the molecule is CCOC(=O)NN(C(=O)OCC)C(C)C(=O)C(C)C. The van der Waals surface area contributed by atoms with Gasteiger partial charge in [0.05, 0.1) is 13.2 Å². The van der Waals surface area contributed by atoms with Gasteiger partial charge in [-0.15, -0.1) is 0 Å². The second-order valence-corrected chi connectivity index (χ2v) is 4.13. The highest BCUT2D eigenvalue weighted by molar-refractivity contribution is 5.89. The monoisotopic (exact) mass is 274 g/mol. The van der Waals surface area contributed by atoms with Crippen molar-refractivity contribution in [1.29, 1.82) is 0 Å². The van der Waals surface area contributed by atoms with Gasteiger partial charge in [0.15, 0.2) is 5.78 Å². The predicted octanol–water partition coefficient (Wildman–Crippen LogP) is 1.72. The minimum Gasteiger partial charge on any atom is -0.449 e. The van der Waals surface area contributed by atoms with Crippen LogP contribution in [0.25, 0.3) is 0 Å². The van der Waals surface area contributed by atoms with E-state index in [2.05, 4.69) is 10.2 Å². The Morgan fingerprint density at radius 3 is 2.00 bits per heavy atom. The third-order valence-electron chi connectivity index (χ3n) is 2.32. The van der Waals surface area contributed by atoms with E-state index in [0.717, 1.165) is 5.01 Å². The topological polar surface area (TPSA) is 84.9 Å². The van der Waals surface area contributed by atoms with Crippen molar-refractivity contribution in [2.75, 3.05) is 13.2 Å². The van der Waals surface area contributed by atoms with Gasteiger partial charge < -0.3 is 9.47 Å². The Hall–Kier alpha value is -1.79. The lowest BCUT2D eigenvalue weighted by Gasteiger charge is -2.27. The number of nitrogens with one attached hydrogen (secondary N) is 1. The normalized spacial score (nSPS) is 11.7. The molecule has 1 N–H and O–H groups in total. The van der Waals surface area contributed by atoms with E-state index in [1.807, 2.05) is 0 Å². The number of ether oxygens (including phenoxy) is 2. The molecule has 7 heteroatoms. The van der Waals surface area contributed by atoms with Gasteiger partial charge in [0, 0.05) is 5.92 Å². The molecule has 0 saturated carbocycles. The fourth-order valence-electron chi connectivity index (χ4n) is 1.36. The highest BCUT2D eigenvalue weighted by atomic mass is 16.6. The first-order chi connectivity index (χ1) is 8.84. The van der Waals surface area contributed by atoms with Crippen LogP contribution in [0.15, 0.2) is 0 Å². The van der Waals surface area contributed by atoms with E-state index in [0.29, 0.717) is 0 Å². The van der Waals surface area contributed by atoms with E-state index in [9.17, 15) is 14.4 Å². The first kappa shape index (κ1) is 17.2. The first-order valence-electron chi connectivity index (χ1n) is 6.28. The van der Waals surface area contributed by atoms with Crippen molar-refractivity contribution in [3.8, 4) is 0 Å². The zero-order valence-electron chi connectivity index (χ0n) is 12.1. The summed E-state index contributed by atoms with van der Waals surface area (Å²) < 4.78 is 9.48. The molecule has 0 aliphatic carbocycles. The van der Waals surface area contributed by atoms with Crippen LogP contribution < -0.4 is 5.43 Å². The number of Topliss-reactive ketones (excluding diaryl/α,β-unsaturated/α-hetero) is 1. The molecule has 0 aliphatic rings. The number of hydrogen-bond donors (Lipinski definition) is 1. The molecule has 0 fully saturated rings. The quantitative estimate of drug-likeness (QED) is 0.771. The summed E-state index contributed by atoms with van der Waals surface area (Å²) >= 11 is 0. The molecule has 2 amide bonds. The Labute approximate surface area is 113 Å². The van der Waals surface area contributed by atoms with E-state index in [4.69, 9.17) is 4.74 Å². The number of hydrogen-bond acceptors (Lipinski definition) is 5. The molecule has 0 saturated heterocycles. The number of amides is 2. The van der Waals surface area contributed by atoms with Crippen LogP contribution >= 0.6 is 0 Å². The largest absolute Gasteiger partial charge is 0.449 e. The lowest BCUT2D eigenvalue weighted by Crippen LogP contribution is -2.54. The first-order valence-corrected chi connectivity index (χ1v) is 6.28. The molecule has 0 bridgehead atoms. The van der Waals surface area contributed by atoms with Crippen LogP contribution in [0.5, 0.6) is 0 Å². The summed E-state index contributed by atoms with van der Waals surface area (Å²) in [4.78, 5) is 35.0. The molecule has 19 heavy (non-hydrogen) atoms. The van der Waals surface area contributed by atoms with Crippen molar-refractivity contribution in [2.24, 2.45) is 5.92 Å². The average molecular weight is 274 g/mol. The Bertz CT molecular complexity index is 330. The minimum atomic E-state index is -0.830. The number of nitrogens with zero attached hydrogens (tertiary/aromatic N) is 1. The molecule has 0 aromatic heterocycles. The molecule has 0 radical (unpaired) electrons. The molecule has 1 unspecified atom stereocenters. The molecule has 0 aliphatic heterocycles. The van der Waals surface area contributed by atoms with Gasteiger partial charge in [-0.1, -0.05) is 13.8 Å². The molecule has 7 nitrogen and oxygen atoms in total. The third kappa shape index (κ3) is 5.58. The molecule has 0 aromatic carbocycles. The van der Waals surface area contributed by atoms with Crippen molar-refractivity contribution < 1.29 is 23.9 Å². The highest BCUT2D eigenvalue weighted by Gasteiger charge is 2.30. The van der Waals surface area contributed by atoms with Crippen LogP contribution in [0.3, 0.4) is 0 Å². The van der Waals surface area contributed by atoms with Gasteiger partial charge >= 0.3 is 12.2 Å². The summed E-state index contributed by atoms with van der Waals surface area (Å²) in [6, 6.07) is -0.830. The van der Waals surface area contributed by atoms with Gasteiger partial charge in [-0.25, -0.2) is 20.0 Å². The van der Waals surface area contributed by atoms with E-state index in [1.54, 1.807) is 27.7 Å². The Balaban J connectivity index is 4.89. The van der Waals surface area contributed by atoms with Crippen molar-refractivity contribution >= 4 is 18.0 Å². The maximum absolute atomic E-state index is 11.9. The summed E-state index contributed by atoms with van der Waals surface area (Å²) in [6.45, 7) is 8.52. The van der Waals surface area contributed by atoms with Crippen LogP contribution in [0.2, 0.25) is 0 Å².